The molecule has 0 spiro atoms. The molecule has 2 saturated heterocycles. The van der Waals surface area contributed by atoms with E-state index >= 15 is 0 Å². The number of urea groups is 1. The Labute approximate surface area is 164 Å². The van der Waals surface area contributed by atoms with Crippen molar-refractivity contribution in [3.05, 3.63) is 42.9 Å². The molecular weight excluding hydrogens is 352 g/mol. The van der Waals surface area contributed by atoms with E-state index < -0.39 is 0 Å². The van der Waals surface area contributed by atoms with E-state index in [4.69, 9.17) is 0 Å². The number of carbonyl (C=O) groups excluding carboxylic acids is 1. The van der Waals surface area contributed by atoms with Crippen LogP contribution in [-0.4, -0.2) is 62.8 Å². The van der Waals surface area contributed by atoms with E-state index in [-0.39, 0.29) is 6.03 Å². The molecule has 1 N–H and O–H groups in total. The zero-order valence-corrected chi connectivity index (χ0v) is 16.2. The molecule has 0 aliphatic carbocycles. The maximum atomic E-state index is 12.8. The van der Waals surface area contributed by atoms with Crippen LogP contribution in [0.3, 0.4) is 0 Å². The summed E-state index contributed by atoms with van der Waals surface area (Å²) in [5, 5.41) is 9.33. The molecule has 2 bridgehead atoms. The van der Waals surface area contributed by atoms with E-state index in [1.54, 1.807) is 4.68 Å². The molecule has 2 aromatic heterocycles. The molecule has 7 nitrogen and oxygen atoms in total. The molecular formula is C21H24N6O. The van der Waals surface area contributed by atoms with E-state index in [1.807, 2.05) is 36.6 Å². The summed E-state index contributed by atoms with van der Waals surface area (Å²) in [6, 6.07) is 9.08. The summed E-state index contributed by atoms with van der Waals surface area (Å²) in [7, 11) is 4.08. The van der Waals surface area contributed by atoms with Gasteiger partial charge >= 0.3 is 6.03 Å². The third-order valence-corrected chi connectivity index (χ3v) is 6.13. The lowest BCUT2D eigenvalue weighted by molar-refractivity contribution is 0.110. The second-order valence-electron chi connectivity index (χ2n) is 7.92. The summed E-state index contributed by atoms with van der Waals surface area (Å²) in [5.74, 6) is 0.590. The highest BCUT2D eigenvalue weighted by Crippen LogP contribution is 2.29. The van der Waals surface area contributed by atoms with Crippen LogP contribution in [-0.2, 0) is 7.05 Å². The molecule has 0 radical (unpaired) electrons. The first-order chi connectivity index (χ1) is 13.6. The number of aromatic nitrogens is 3. The molecule has 2 amide bonds. The summed E-state index contributed by atoms with van der Waals surface area (Å²) in [4.78, 5) is 21.5. The van der Waals surface area contributed by atoms with Crippen molar-refractivity contribution < 1.29 is 4.79 Å². The average molecular weight is 376 g/mol. The number of pyridine rings is 1. The lowest BCUT2D eigenvalue weighted by Gasteiger charge is -2.38. The first-order valence-electron chi connectivity index (χ1n) is 9.73. The van der Waals surface area contributed by atoms with Gasteiger partial charge in [0.15, 0.2) is 0 Å². The van der Waals surface area contributed by atoms with E-state index in [0.29, 0.717) is 17.9 Å². The number of nitrogens with zero attached hydrogens (tertiary/aromatic N) is 5. The Morgan fingerprint density at radius 1 is 1.04 bits per heavy atom. The van der Waals surface area contributed by atoms with Crippen molar-refractivity contribution in [1.82, 2.24) is 24.6 Å². The second-order valence-corrected chi connectivity index (χ2v) is 7.92. The predicted octanol–water partition coefficient (Wildman–Crippen LogP) is 2.95. The highest BCUT2D eigenvalue weighted by Gasteiger charge is 2.39. The first-order valence-corrected chi connectivity index (χ1v) is 9.73. The van der Waals surface area contributed by atoms with E-state index in [9.17, 15) is 4.79 Å². The van der Waals surface area contributed by atoms with Crippen LogP contribution in [0, 0.1) is 0 Å². The monoisotopic (exact) mass is 376 g/mol. The Kier molecular flexibility index (Phi) is 4.05. The number of fused-ring (bicyclic) bond motifs is 3. The predicted molar refractivity (Wildman–Crippen MR) is 109 cm³/mol. The first kappa shape index (κ1) is 17.2. The van der Waals surface area contributed by atoms with E-state index in [1.165, 1.54) is 12.8 Å². The van der Waals surface area contributed by atoms with Gasteiger partial charge in [-0.3, -0.25) is 14.9 Å². The molecule has 144 valence electrons. The van der Waals surface area contributed by atoms with Crippen molar-refractivity contribution in [2.24, 2.45) is 7.05 Å². The quantitative estimate of drug-likeness (QED) is 0.747. The maximum absolute atomic E-state index is 12.8. The van der Waals surface area contributed by atoms with Crippen molar-refractivity contribution >= 4 is 22.6 Å². The number of likely N-dealkylation sites (tertiary alicyclic amines) is 1. The van der Waals surface area contributed by atoms with Gasteiger partial charge in [-0.1, -0.05) is 12.1 Å². The van der Waals surface area contributed by atoms with Gasteiger partial charge in [0.1, 0.15) is 5.82 Å². The lowest BCUT2D eigenvalue weighted by Crippen LogP contribution is -2.54. The van der Waals surface area contributed by atoms with Crippen LogP contribution in [0.5, 0.6) is 0 Å². The van der Waals surface area contributed by atoms with Gasteiger partial charge in [-0.2, -0.15) is 5.10 Å². The number of rotatable bonds is 2. The Bertz CT molecular complexity index is 1030. The molecule has 4 heterocycles. The van der Waals surface area contributed by atoms with Gasteiger partial charge in [0.2, 0.25) is 0 Å². The minimum absolute atomic E-state index is 0.0553. The summed E-state index contributed by atoms with van der Waals surface area (Å²) in [6.45, 7) is 1.58. The Morgan fingerprint density at radius 2 is 1.82 bits per heavy atom. The zero-order chi connectivity index (χ0) is 19.3. The molecule has 7 heteroatoms. The Balaban J connectivity index is 1.36. The number of anilines is 1. The fourth-order valence-corrected chi connectivity index (χ4v) is 4.43. The van der Waals surface area contributed by atoms with Crippen molar-refractivity contribution in [3.63, 3.8) is 0 Å². The largest absolute Gasteiger partial charge is 0.323 e. The van der Waals surface area contributed by atoms with Gasteiger partial charge in [-0.25, -0.2) is 9.78 Å². The van der Waals surface area contributed by atoms with E-state index in [0.717, 1.165) is 35.0 Å². The summed E-state index contributed by atoms with van der Waals surface area (Å²) < 4.78 is 1.79. The number of aryl methyl sites for hydroxylation is 1. The van der Waals surface area contributed by atoms with Crippen molar-refractivity contribution in [2.45, 2.75) is 24.9 Å². The number of likely N-dealkylation sites (N-methyl/N-ethyl adjacent to an activating group) is 1. The van der Waals surface area contributed by atoms with Gasteiger partial charge in [-0.15, -0.1) is 0 Å². The fourth-order valence-electron chi connectivity index (χ4n) is 4.43. The third kappa shape index (κ3) is 3.01. The average Bonchev–Trinajstić information content (AvgIpc) is 3.19. The molecule has 2 fully saturated rings. The SMILES string of the molecule is CN1C2CCC1CN(C(=O)Nc1cc3cc(-c4cnn(C)c4)ccc3cn1)C2. The lowest BCUT2D eigenvalue weighted by atomic mass is 10.1. The number of carbonyl (C=O) groups is 1. The molecule has 2 aliphatic rings. The van der Waals surface area contributed by atoms with Gasteiger partial charge in [0, 0.05) is 55.6 Å². The van der Waals surface area contributed by atoms with Crippen molar-refractivity contribution in [3.8, 4) is 11.1 Å². The van der Waals surface area contributed by atoms with Crippen molar-refractivity contribution in [2.75, 3.05) is 25.5 Å². The summed E-state index contributed by atoms with van der Waals surface area (Å²) in [5.41, 5.74) is 2.17. The van der Waals surface area contributed by atoms with Crippen LogP contribution in [0.25, 0.3) is 21.9 Å². The van der Waals surface area contributed by atoms with Gasteiger partial charge in [0.25, 0.3) is 0 Å². The van der Waals surface area contributed by atoms with Crippen LogP contribution >= 0.6 is 0 Å². The van der Waals surface area contributed by atoms with Crippen LogP contribution in [0.4, 0.5) is 10.6 Å². The summed E-state index contributed by atoms with van der Waals surface area (Å²) in [6.07, 6.45) is 8.01. The molecule has 28 heavy (non-hydrogen) atoms. The molecule has 2 unspecified atom stereocenters. The number of benzene rings is 1. The molecule has 2 aliphatic heterocycles. The van der Waals surface area contributed by atoms with E-state index in [2.05, 4.69) is 45.5 Å². The molecule has 2 atom stereocenters. The number of amides is 2. The van der Waals surface area contributed by atoms with Crippen LogP contribution < -0.4 is 5.32 Å². The highest BCUT2D eigenvalue weighted by atomic mass is 16.2. The normalized spacial score (nSPS) is 22.0. The van der Waals surface area contributed by atoms with Gasteiger partial charge in [0.05, 0.1) is 6.20 Å². The molecule has 5 rings (SSSR count). The second kappa shape index (κ2) is 6.60. The number of nitrogens with one attached hydrogen (secondary N) is 1. The number of piperazine rings is 1. The van der Waals surface area contributed by atoms with Crippen LogP contribution in [0.15, 0.2) is 42.9 Å². The Morgan fingerprint density at radius 3 is 2.54 bits per heavy atom. The highest BCUT2D eigenvalue weighted by molar-refractivity contribution is 5.93. The maximum Gasteiger partial charge on any atom is 0.323 e. The standard InChI is InChI=1S/C21H24N6O/c1-25-11-17(10-23-25)14-3-4-15-9-22-20(8-16(15)7-14)24-21(28)27-12-18-5-6-19(13-27)26(18)2/h3-4,7-11,18-19H,5-6,12-13H2,1-2H3,(H,22,24,28). The van der Waals surface area contributed by atoms with Crippen LogP contribution in [0.2, 0.25) is 0 Å². The molecule has 0 saturated carbocycles. The van der Waals surface area contributed by atoms with Crippen LogP contribution in [0.1, 0.15) is 12.8 Å². The van der Waals surface area contributed by atoms with Crippen molar-refractivity contribution in [1.29, 1.82) is 0 Å². The minimum atomic E-state index is -0.0553. The number of hydrogen-bond acceptors (Lipinski definition) is 4. The van der Waals surface area contributed by atoms with Gasteiger partial charge in [-0.05, 0) is 43.0 Å². The smallest absolute Gasteiger partial charge is 0.321 e. The third-order valence-electron chi connectivity index (χ3n) is 6.13. The Hall–Kier alpha value is -2.93. The topological polar surface area (TPSA) is 66.3 Å². The fraction of sp³-hybridized carbons (Fsp3) is 0.381. The molecule has 3 aromatic rings. The minimum Gasteiger partial charge on any atom is -0.321 e. The van der Waals surface area contributed by atoms with Gasteiger partial charge < -0.3 is 4.90 Å². The number of hydrogen-bond donors (Lipinski definition) is 1. The zero-order valence-electron chi connectivity index (χ0n) is 16.2. The summed E-state index contributed by atoms with van der Waals surface area (Å²) >= 11 is 0. The molecule has 1 aromatic carbocycles.